The summed E-state index contributed by atoms with van der Waals surface area (Å²) in [5.74, 6) is -1.96. The standard InChI is InChI=1S/C21H29F3N4O3/c1-4-14-8-16(10-25-9-14)17(29)11-26-19(31)20(2,3)28-7-5-6-15(12-28)18(30)27-13-21(22,23)24/h8-10,15H,4-7,11-13H2,1-3H3,(H,26,31)(H,27,30)/t15-/m0/s1. The van der Waals surface area contributed by atoms with Gasteiger partial charge in [-0.2, -0.15) is 13.2 Å². The van der Waals surface area contributed by atoms with E-state index in [1.165, 1.54) is 6.20 Å². The maximum Gasteiger partial charge on any atom is 0.405 e. The minimum atomic E-state index is -4.47. The number of ketones is 1. The van der Waals surface area contributed by atoms with E-state index in [1.54, 1.807) is 31.0 Å². The molecule has 0 unspecified atom stereocenters. The fourth-order valence-corrected chi connectivity index (χ4v) is 3.49. The number of piperidine rings is 1. The first kappa shape index (κ1) is 24.8. The Balaban J connectivity index is 1.94. The van der Waals surface area contributed by atoms with Crippen molar-refractivity contribution in [3.63, 3.8) is 0 Å². The van der Waals surface area contributed by atoms with Gasteiger partial charge in [0.05, 0.1) is 18.0 Å². The van der Waals surface area contributed by atoms with Gasteiger partial charge < -0.3 is 10.6 Å². The lowest BCUT2D eigenvalue weighted by Gasteiger charge is -2.42. The van der Waals surface area contributed by atoms with E-state index >= 15 is 0 Å². The minimum Gasteiger partial charge on any atom is -0.347 e. The predicted octanol–water partition coefficient (Wildman–Crippen LogP) is 2.11. The molecule has 31 heavy (non-hydrogen) atoms. The number of amides is 2. The minimum absolute atomic E-state index is 0.167. The zero-order valence-corrected chi connectivity index (χ0v) is 18.0. The third-order valence-electron chi connectivity index (χ3n) is 5.54. The lowest BCUT2D eigenvalue weighted by atomic mass is 9.91. The first-order valence-corrected chi connectivity index (χ1v) is 10.3. The number of aromatic nitrogens is 1. The molecule has 7 nitrogen and oxygen atoms in total. The second-order valence-electron chi connectivity index (χ2n) is 8.22. The van der Waals surface area contributed by atoms with Crippen LogP contribution in [0, 0.1) is 5.92 Å². The Morgan fingerprint density at radius 3 is 2.55 bits per heavy atom. The Labute approximate surface area is 179 Å². The van der Waals surface area contributed by atoms with Crippen molar-refractivity contribution in [1.82, 2.24) is 20.5 Å². The highest BCUT2D eigenvalue weighted by atomic mass is 19.4. The second-order valence-corrected chi connectivity index (χ2v) is 8.22. The summed E-state index contributed by atoms with van der Waals surface area (Å²) in [5.41, 5.74) is 0.296. The number of nitrogens with one attached hydrogen (secondary N) is 2. The summed E-state index contributed by atoms with van der Waals surface area (Å²) in [6.07, 6.45) is 0.429. The summed E-state index contributed by atoms with van der Waals surface area (Å²) < 4.78 is 37.1. The average molecular weight is 442 g/mol. The van der Waals surface area contributed by atoms with Crippen LogP contribution in [-0.4, -0.2) is 65.4 Å². The molecule has 10 heteroatoms. The number of halogens is 3. The van der Waals surface area contributed by atoms with Gasteiger partial charge in [0.1, 0.15) is 6.54 Å². The molecule has 1 aromatic rings. The number of pyridine rings is 1. The van der Waals surface area contributed by atoms with Crippen molar-refractivity contribution in [2.24, 2.45) is 5.92 Å². The van der Waals surface area contributed by atoms with Crippen molar-refractivity contribution in [2.45, 2.75) is 51.7 Å². The number of aryl methyl sites for hydroxylation is 1. The number of likely N-dealkylation sites (tertiary alicyclic amines) is 1. The lowest BCUT2D eigenvalue weighted by Crippen LogP contribution is -2.59. The molecule has 1 aliphatic rings. The van der Waals surface area contributed by atoms with Gasteiger partial charge in [0.25, 0.3) is 0 Å². The summed E-state index contributed by atoms with van der Waals surface area (Å²) >= 11 is 0. The summed E-state index contributed by atoms with van der Waals surface area (Å²) in [5, 5.41) is 4.56. The summed E-state index contributed by atoms with van der Waals surface area (Å²) in [7, 11) is 0. The van der Waals surface area contributed by atoms with Crippen LogP contribution >= 0.6 is 0 Å². The van der Waals surface area contributed by atoms with Crippen LogP contribution in [0.3, 0.4) is 0 Å². The Morgan fingerprint density at radius 2 is 1.90 bits per heavy atom. The van der Waals surface area contributed by atoms with Crippen LogP contribution in [0.2, 0.25) is 0 Å². The van der Waals surface area contributed by atoms with Crippen molar-refractivity contribution in [3.8, 4) is 0 Å². The lowest BCUT2D eigenvalue weighted by molar-refractivity contribution is -0.143. The van der Waals surface area contributed by atoms with Crippen molar-refractivity contribution in [2.75, 3.05) is 26.2 Å². The van der Waals surface area contributed by atoms with Gasteiger partial charge in [-0.1, -0.05) is 6.92 Å². The number of nitrogens with zero attached hydrogens (tertiary/aromatic N) is 2. The van der Waals surface area contributed by atoms with E-state index in [2.05, 4.69) is 10.3 Å². The van der Waals surface area contributed by atoms with E-state index in [9.17, 15) is 27.6 Å². The maximum atomic E-state index is 12.8. The molecule has 0 spiro atoms. The van der Waals surface area contributed by atoms with Crippen molar-refractivity contribution >= 4 is 17.6 Å². The van der Waals surface area contributed by atoms with Crippen LogP contribution in [0.1, 0.15) is 49.5 Å². The molecule has 0 aromatic carbocycles. The molecule has 1 aromatic heterocycles. The molecular weight excluding hydrogens is 413 g/mol. The van der Waals surface area contributed by atoms with Crippen LogP contribution in [0.15, 0.2) is 18.5 Å². The molecule has 0 saturated carbocycles. The molecule has 2 rings (SSSR count). The zero-order valence-electron chi connectivity index (χ0n) is 18.0. The average Bonchev–Trinajstić information content (AvgIpc) is 2.75. The Kier molecular flexibility index (Phi) is 8.16. The van der Waals surface area contributed by atoms with Crippen LogP contribution in [0.25, 0.3) is 0 Å². The van der Waals surface area contributed by atoms with Gasteiger partial charge in [0.2, 0.25) is 11.8 Å². The number of hydrogen-bond donors (Lipinski definition) is 2. The smallest absolute Gasteiger partial charge is 0.347 e. The number of alkyl halides is 3. The van der Waals surface area contributed by atoms with Crippen LogP contribution in [0.5, 0.6) is 0 Å². The van der Waals surface area contributed by atoms with Gasteiger partial charge in [0.15, 0.2) is 5.78 Å². The highest BCUT2D eigenvalue weighted by Crippen LogP contribution is 2.25. The van der Waals surface area contributed by atoms with E-state index in [-0.39, 0.29) is 18.9 Å². The molecule has 2 amide bonds. The first-order valence-electron chi connectivity index (χ1n) is 10.3. The monoisotopic (exact) mass is 442 g/mol. The van der Waals surface area contributed by atoms with Gasteiger partial charge in [-0.25, -0.2) is 0 Å². The van der Waals surface area contributed by atoms with Crippen molar-refractivity contribution in [1.29, 1.82) is 0 Å². The molecule has 0 radical (unpaired) electrons. The third kappa shape index (κ3) is 7.02. The summed E-state index contributed by atoms with van der Waals surface area (Å²) in [6, 6.07) is 1.74. The molecular formula is C21H29F3N4O3. The summed E-state index contributed by atoms with van der Waals surface area (Å²) in [4.78, 5) is 43.1. The Morgan fingerprint density at radius 1 is 1.19 bits per heavy atom. The van der Waals surface area contributed by atoms with Gasteiger partial charge in [-0.15, -0.1) is 0 Å². The van der Waals surface area contributed by atoms with Gasteiger partial charge >= 0.3 is 6.18 Å². The number of carbonyl (C=O) groups is 3. The van der Waals surface area contributed by atoms with Crippen LogP contribution in [0.4, 0.5) is 13.2 Å². The van der Waals surface area contributed by atoms with Gasteiger partial charge in [0, 0.05) is 24.5 Å². The molecule has 1 aliphatic heterocycles. The van der Waals surface area contributed by atoms with Gasteiger partial charge in [-0.05, 0) is 51.3 Å². The second kappa shape index (κ2) is 10.2. The molecule has 2 heterocycles. The SMILES string of the molecule is CCc1cncc(C(=O)CNC(=O)C(C)(C)N2CCC[C@H](C(=O)NCC(F)(F)F)C2)c1. The molecule has 0 bridgehead atoms. The Bertz CT molecular complexity index is 811. The quantitative estimate of drug-likeness (QED) is 0.602. The van der Waals surface area contributed by atoms with E-state index in [0.29, 0.717) is 24.9 Å². The zero-order chi connectivity index (χ0) is 23.2. The molecule has 1 atom stereocenters. The van der Waals surface area contributed by atoms with Gasteiger partial charge in [-0.3, -0.25) is 24.3 Å². The van der Waals surface area contributed by atoms with Crippen LogP contribution in [-0.2, 0) is 16.0 Å². The normalized spacial score (nSPS) is 17.8. The van der Waals surface area contributed by atoms with Crippen molar-refractivity contribution in [3.05, 3.63) is 29.6 Å². The molecule has 0 aliphatic carbocycles. The Hall–Kier alpha value is -2.49. The number of hydrogen-bond acceptors (Lipinski definition) is 5. The maximum absolute atomic E-state index is 12.8. The van der Waals surface area contributed by atoms with E-state index in [1.807, 2.05) is 12.2 Å². The number of Topliss-reactive ketones (excluding diaryl/α,β-unsaturated/α-hetero) is 1. The van der Waals surface area contributed by atoms with Crippen LogP contribution < -0.4 is 10.6 Å². The van der Waals surface area contributed by atoms with E-state index < -0.39 is 36.0 Å². The highest BCUT2D eigenvalue weighted by molar-refractivity contribution is 6.00. The van der Waals surface area contributed by atoms with E-state index in [4.69, 9.17) is 0 Å². The highest BCUT2D eigenvalue weighted by Gasteiger charge is 2.39. The topological polar surface area (TPSA) is 91.4 Å². The fourth-order valence-electron chi connectivity index (χ4n) is 3.49. The predicted molar refractivity (Wildman–Crippen MR) is 108 cm³/mol. The largest absolute Gasteiger partial charge is 0.405 e. The third-order valence-corrected chi connectivity index (χ3v) is 5.54. The molecule has 1 fully saturated rings. The van der Waals surface area contributed by atoms with Crippen molar-refractivity contribution < 1.29 is 27.6 Å². The molecule has 2 N–H and O–H groups in total. The summed E-state index contributed by atoms with van der Waals surface area (Å²) in [6.45, 7) is 4.41. The number of carbonyl (C=O) groups excluding carboxylic acids is 3. The first-order chi connectivity index (χ1) is 14.4. The van der Waals surface area contributed by atoms with E-state index in [0.717, 1.165) is 12.0 Å². The molecule has 1 saturated heterocycles. The molecule has 172 valence electrons. The number of rotatable bonds is 8. The fraction of sp³-hybridized carbons (Fsp3) is 0.619.